The molecular formula is C20H19N5O3S3. The number of hydrogen-bond acceptors (Lipinski definition) is 9. The molecule has 1 N–H and O–H groups in total. The largest absolute Gasteiger partial charge is 0.484 e. The van der Waals surface area contributed by atoms with Gasteiger partial charge in [0.25, 0.3) is 11.5 Å². The number of amides is 1. The molecular weight excluding hydrogens is 454 g/mol. The number of rotatable bonds is 7. The van der Waals surface area contributed by atoms with E-state index in [-0.39, 0.29) is 18.1 Å². The highest BCUT2D eigenvalue weighted by Gasteiger charge is 2.11. The molecule has 0 atom stereocenters. The van der Waals surface area contributed by atoms with Crippen LogP contribution in [0, 0.1) is 20.8 Å². The van der Waals surface area contributed by atoms with Crippen molar-refractivity contribution in [3.8, 4) is 5.75 Å². The number of thiazole rings is 1. The van der Waals surface area contributed by atoms with E-state index in [4.69, 9.17) is 4.74 Å². The van der Waals surface area contributed by atoms with Gasteiger partial charge in [-0.15, -0.1) is 21.5 Å². The number of benzene rings is 1. The van der Waals surface area contributed by atoms with Crippen molar-refractivity contribution in [2.24, 2.45) is 0 Å². The van der Waals surface area contributed by atoms with E-state index in [9.17, 15) is 9.59 Å². The van der Waals surface area contributed by atoms with Gasteiger partial charge in [0, 0.05) is 22.9 Å². The molecule has 0 radical (unpaired) electrons. The molecule has 4 aromatic rings. The number of nitrogens with zero attached hydrogens (tertiary/aromatic N) is 4. The van der Waals surface area contributed by atoms with Crippen LogP contribution in [0.25, 0.3) is 4.96 Å². The molecule has 11 heteroatoms. The van der Waals surface area contributed by atoms with Crippen molar-refractivity contribution in [3.05, 3.63) is 62.5 Å². The molecule has 0 saturated heterocycles. The Balaban J connectivity index is 1.31. The predicted octanol–water partition coefficient (Wildman–Crippen LogP) is 3.84. The molecule has 0 unspecified atom stereocenters. The highest BCUT2D eigenvalue weighted by atomic mass is 32.2. The van der Waals surface area contributed by atoms with Gasteiger partial charge in [-0.3, -0.25) is 19.3 Å². The molecule has 1 aromatic carbocycles. The lowest BCUT2D eigenvalue weighted by molar-refractivity contribution is -0.118. The summed E-state index contributed by atoms with van der Waals surface area (Å²) in [6.45, 7) is 5.84. The van der Waals surface area contributed by atoms with Gasteiger partial charge in [0.2, 0.25) is 5.13 Å². The average Bonchev–Trinajstić information content (AvgIpc) is 3.33. The molecule has 1 amide bonds. The van der Waals surface area contributed by atoms with Gasteiger partial charge in [-0.25, -0.2) is 4.98 Å². The van der Waals surface area contributed by atoms with Crippen LogP contribution in [0.2, 0.25) is 0 Å². The quantitative estimate of drug-likeness (QED) is 0.322. The third-order valence-electron chi connectivity index (χ3n) is 4.38. The number of carbonyl (C=O) groups excluding carboxylic acids is 1. The third kappa shape index (κ3) is 5.30. The molecule has 0 aliphatic rings. The molecule has 31 heavy (non-hydrogen) atoms. The van der Waals surface area contributed by atoms with Gasteiger partial charge in [-0.05, 0) is 44.0 Å². The summed E-state index contributed by atoms with van der Waals surface area (Å²) in [5.74, 6) is 0.827. The molecule has 0 aliphatic carbocycles. The zero-order valence-electron chi connectivity index (χ0n) is 17.0. The number of aromatic nitrogens is 4. The zero-order valence-corrected chi connectivity index (χ0v) is 19.5. The SMILES string of the molecule is Cc1cn2c(=O)cc(CSc3nnc(NC(=O)COc4ccc(C)c(C)c4)s3)nc2s1. The number of nitrogens with one attached hydrogen (secondary N) is 1. The lowest BCUT2D eigenvalue weighted by Crippen LogP contribution is -2.20. The normalized spacial score (nSPS) is 11.1. The summed E-state index contributed by atoms with van der Waals surface area (Å²) in [7, 11) is 0. The molecule has 0 spiro atoms. The fourth-order valence-electron chi connectivity index (χ4n) is 2.69. The fourth-order valence-corrected chi connectivity index (χ4v) is 5.21. The smallest absolute Gasteiger partial charge is 0.264 e. The van der Waals surface area contributed by atoms with Crippen molar-refractivity contribution in [1.82, 2.24) is 19.6 Å². The summed E-state index contributed by atoms with van der Waals surface area (Å²) in [4.78, 5) is 30.6. The highest BCUT2D eigenvalue weighted by Crippen LogP contribution is 2.28. The van der Waals surface area contributed by atoms with Crippen molar-refractivity contribution in [3.63, 3.8) is 0 Å². The van der Waals surface area contributed by atoms with E-state index in [0.29, 0.717) is 31.6 Å². The summed E-state index contributed by atoms with van der Waals surface area (Å²) in [5.41, 5.74) is 2.86. The molecule has 4 rings (SSSR count). The monoisotopic (exact) mass is 473 g/mol. The van der Waals surface area contributed by atoms with Crippen molar-refractivity contribution in [1.29, 1.82) is 0 Å². The van der Waals surface area contributed by atoms with Gasteiger partial charge in [-0.1, -0.05) is 29.2 Å². The number of carbonyl (C=O) groups is 1. The minimum atomic E-state index is -0.306. The van der Waals surface area contributed by atoms with Gasteiger partial charge in [0.15, 0.2) is 15.9 Å². The van der Waals surface area contributed by atoms with E-state index in [2.05, 4.69) is 20.5 Å². The maximum Gasteiger partial charge on any atom is 0.264 e. The van der Waals surface area contributed by atoms with Gasteiger partial charge < -0.3 is 4.74 Å². The summed E-state index contributed by atoms with van der Waals surface area (Å²) in [5, 5.41) is 11.2. The molecule has 8 nitrogen and oxygen atoms in total. The van der Waals surface area contributed by atoms with Crippen LogP contribution in [0.5, 0.6) is 5.75 Å². The van der Waals surface area contributed by atoms with Crippen molar-refractivity contribution in [2.75, 3.05) is 11.9 Å². The van der Waals surface area contributed by atoms with E-state index in [1.54, 1.807) is 10.6 Å². The molecule has 0 saturated carbocycles. The Labute approximate surface area is 190 Å². The van der Waals surface area contributed by atoms with Gasteiger partial charge in [0.1, 0.15) is 5.75 Å². The molecule has 0 fully saturated rings. The van der Waals surface area contributed by atoms with Gasteiger partial charge >= 0.3 is 0 Å². The highest BCUT2D eigenvalue weighted by molar-refractivity contribution is 8.00. The number of fused-ring (bicyclic) bond motifs is 1. The second-order valence-electron chi connectivity index (χ2n) is 6.82. The van der Waals surface area contributed by atoms with E-state index >= 15 is 0 Å². The Hall–Kier alpha value is -2.76. The van der Waals surface area contributed by atoms with Gasteiger partial charge in [-0.2, -0.15) is 0 Å². The first kappa shape index (κ1) is 21.5. The van der Waals surface area contributed by atoms with Crippen LogP contribution in [-0.2, 0) is 10.5 Å². The maximum atomic E-state index is 12.2. The Morgan fingerprint density at radius 3 is 2.81 bits per heavy atom. The number of hydrogen-bond donors (Lipinski definition) is 1. The summed E-state index contributed by atoms with van der Waals surface area (Å²) in [6.07, 6.45) is 1.79. The average molecular weight is 474 g/mol. The van der Waals surface area contributed by atoms with Crippen molar-refractivity contribution in [2.45, 2.75) is 30.9 Å². The molecule has 0 bridgehead atoms. The summed E-state index contributed by atoms with van der Waals surface area (Å²) in [6, 6.07) is 7.22. The predicted molar refractivity (Wildman–Crippen MR) is 124 cm³/mol. The summed E-state index contributed by atoms with van der Waals surface area (Å²) < 4.78 is 7.76. The second-order valence-corrected chi connectivity index (χ2v) is 10.2. The van der Waals surface area contributed by atoms with Crippen LogP contribution in [0.15, 0.2) is 39.6 Å². The van der Waals surface area contributed by atoms with E-state index in [1.165, 1.54) is 46.1 Å². The number of ether oxygens (including phenoxy) is 1. The second kappa shape index (κ2) is 9.16. The van der Waals surface area contributed by atoms with E-state index in [0.717, 1.165) is 10.4 Å². The first-order chi connectivity index (χ1) is 14.9. The topological polar surface area (TPSA) is 98.5 Å². The standard InChI is InChI=1S/C20H19N5O3S3/c1-11-4-5-15(6-12(11)2)28-9-16(26)22-18-23-24-20(31-18)29-10-14-7-17(27)25-8-13(3)30-19(25)21-14/h4-8H,9-10H2,1-3H3,(H,22,23,26). The van der Waals surface area contributed by atoms with Crippen LogP contribution in [0.3, 0.4) is 0 Å². The molecule has 3 heterocycles. The Morgan fingerprint density at radius 1 is 1.16 bits per heavy atom. The minimum absolute atomic E-state index is 0.0982. The van der Waals surface area contributed by atoms with Crippen LogP contribution in [0.4, 0.5) is 5.13 Å². The maximum absolute atomic E-state index is 12.2. The van der Waals surface area contributed by atoms with Crippen LogP contribution >= 0.6 is 34.4 Å². The Bertz CT molecular complexity index is 1310. The van der Waals surface area contributed by atoms with Gasteiger partial charge in [0.05, 0.1) is 5.69 Å². The molecule has 160 valence electrons. The third-order valence-corrected chi connectivity index (χ3v) is 7.28. The Morgan fingerprint density at radius 2 is 2.00 bits per heavy atom. The first-order valence-electron chi connectivity index (χ1n) is 9.32. The number of thioether (sulfide) groups is 1. The van der Waals surface area contributed by atoms with E-state index < -0.39 is 0 Å². The van der Waals surface area contributed by atoms with E-state index in [1.807, 2.05) is 39.0 Å². The fraction of sp³-hybridized carbons (Fsp3) is 0.250. The molecule has 0 aliphatic heterocycles. The molecule has 3 aromatic heterocycles. The van der Waals surface area contributed by atoms with Crippen LogP contribution < -0.4 is 15.6 Å². The van der Waals surface area contributed by atoms with Crippen LogP contribution in [0.1, 0.15) is 21.7 Å². The summed E-state index contributed by atoms with van der Waals surface area (Å²) >= 11 is 4.15. The van der Waals surface area contributed by atoms with Crippen LogP contribution in [-0.4, -0.2) is 32.1 Å². The van der Waals surface area contributed by atoms with Crippen molar-refractivity contribution < 1.29 is 9.53 Å². The number of aryl methyl sites for hydroxylation is 3. The zero-order chi connectivity index (χ0) is 22.0. The minimum Gasteiger partial charge on any atom is -0.484 e. The lowest BCUT2D eigenvalue weighted by atomic mass is 10.1. The first-order valence-corrected chi connectivity index (χ1v) is 11.9. The van der Waals surface area contributed by atoms with Crippen molar-refractivity contribution >= 4 is 50.4 Å². The number of anilines is 1. The lowest BCUT2D eigenvalue weighted by Gasteiger charge is -2.07. The Kier molecular flexibility index (Phi) is 6.35.